The summed E-state index contributed by atoms with van der Waals surface area (Å²) in [5.41, 5.74) is 2.30. The Labute approximate surface area is 179 Å². The maximum absolute atomic E-state index is 13.2. The fourth-order valence-corrected chi connectivity index (χ4v) is 8.15. The third-order valence-electron chi connectivity index (χ3n) is 9.87. The van der Waals surface area contributed by atoms with Crippen molar-refractivity contribution in [1.29, 1.82) is 0 Å². The number of aromatic nitrogens is 1. The van der Waals surface area contributed by atoms with E-state index in [2.05, 4.69) is 77.5 Å². The monoisotopic (exact) mass is 406 g/mol. The second kappa shape index (κ2) is 5.06. The summed E-state index contributed by atoms with van der Waals surface area (Å²) in [5.74, 6) is 0.0717. The van der Waals surface area contributed by atoms with E-state index >= 15 is 0 Å². The van der Waals surface area contributed by atoms with Gasteiger partial charge >= 0.3 is 0 Å². The van der Waals surface area contributed by atoms with Crippen molar-refractivity contribution >= 4 is 10.9 Å². The lowest BCUT2D eigenvalue weighted by atomic mass is 9.43. The van der Waals surface area contributed by atoms with Crippen LogP contribution in [-0.4, -0.2) is 27.8 Å². The van der Waals surface area contributed by atoms with Crippen LogP contribution in [0.1, 0.15) is 64.3 Å². The highest BCUT2D eigenvalue weighted by atomic mass is 16.6. The lowest BCUT2D eigenvalue weighted by Crippen LogP contribution is -3.04. The van der Waals surface area contributed by atoms with Gasteiger partial charge in [0.1, 0.15) is 17.7 Å². The number of epoxide rings is 1. The summed E-state index contributed by atoms with van der Waals surface area (Å²) < 4.78 is 6.49. The van der Waals surface area contributed by atoms with E-state index in [-0.39, 0.29) is 34.4 Å². The molecule has 1 saturated heterocycles. The molecule has 2 aromatic rings. The number of nitrogens with two attached hydrogens (primary N) is 1. The Balaban J connectivity index is 1.86. The number of fused-ring (bicyclic) bond motifs is 2. The molecule has 6 rings (SSSR count). The van der Waals surface area contributed by atoms with Gasteiger partial charge in [-0.25, -0.2) is 0 Å². The van der Waals surface area contributed by atoms with Crippen LogP contribution in [0.4, 0.5) is 0 Å². The van der Waals surface area contributed by atoms with Crippen molar-refractivity contribution in [1.82, 2.24) is 4.98 Å². The molecule has 0 spiro atoms. The van der Waals surface area contributed by atoms with E-state index in [0.29, 0.717) is 0 Å². The van der Waals surface area contributed by atoms with E-state index in [1.54, 1.807) is 0 Å². The van der Waals surface area contributed by atoms with Gasteiger partial charge in [-0.1, -0.05) is 45.9 Å². The van der Waals surface area contributed by atoms with Crippen molar-refractivity contribution in [3.8, 4) is 0 Å². The number of hydrogen-bond acceptors (Lipinski definition) is 2. The van der Waals surface area contributed by atoms with Gasteiger partial charge < -0.3 is 20.1 Å². The Morgan fingerprint density at radius 3 is 2.60 bits per heavy atom. The van der Waals surface area contributed by atoms with E-state index < -0.39 is 11.1 Å². The Kier molecular flexibility index (Phi) is 3.22. The lowest BCUT2D eigenvalue weighted by Gasteiger charge is -2.64. The third-order valence-corrected chi connectivity index (χ3v) is 9.87. The molecule has 0 bridgehead atoms. The fourth-order valence-electron chi connectivity index (χ4n) is 8.15. The highest BCUT2D eigenvalue weighted by molar-refractivity contribution is 5.92. The van der Waals surface area contributed by atoms with Gasteiger partial charge in [0.2, 0.25) is 0 Å². The molecule has 0 radical (unpaired) electrons. The predicted molar refractivity (Wildman–Crippen MR) is 118 cm³/mol. The van der Waals surface area contributed by atoms with Gasteiger partial charge in [-0.15, -0.1) is 6.58 Å². The Hall–Kier alpha value is -1.62. The van der Waals surface area contributed by atoms with Crippen molar-refractivity contribution in [3.63, 3.8) is 0 Å². The van der Waals surface area contributed by atoms with Crippen LogP contribution in [0.5, 0.6) is 0 Å². The largest absolute Gasteiger partial charge is 0.468 e. The molecule has 4 N–H and O–H groups in total. The second-order valence-corrected chi connectivity index (χ2v) is 11.6. The molecule has 2 fully saturated rings. The molecule has 0 amide bonds. The van der Waals surface area contributed by atoms with Crippen LogP contribution in [0.15, 0.2) is 30.9 Å². The first-order chi connectivity index (χ1) is 14.0. The molecule has 1 aliphatic heterocycles. The first-order valence-corrected chi connectivity index (χ1v) is 11.3. The fraction of sp³-hybridized carbons (Fsp3) is 0.577. The van der Waals surface area contributed by atoms with Crippen molar-refractivity contribution in [2.24, 2.45) is 11.3 Å². The van der Waals surface area contributed by atoms with Crippen LogP contribution in [-0.2, 0) is 21.2 Å². The molecular weight excluding hydrogens is 372 g/mol. The summed E-state index contributed by atoms with van der Waals surface area (Å²) in [7, 11) is 4.36. The number of hydrogen-bond donors (Lipinski definition) is 3. The minimum atomic E-state index is -1.07. The topological polar surface area (TPSA) is 65.2 Å². The zero-order valence-electron chi connectivity index (χ0n) is 18.8. The number of H-pyrrole nitrogens is 1. The summed E-state index contributed by atoms with van der Waals surface area (Å²) in [4.78, 5) is 3.75. The number of rotatable bonds is 2. The number of quaternary nitrogens is 1. The minimum Gasteiger partial charge on any atom is -0.468 e. The predicted octanol–water partition coefficient (Wildman–Crippen LogP) is 3.40. The van der Waals surface area contributed by atoms with E-state index in [1.165, 1.54) is 10.9 Å². The van der Waals surface area contributed by atoms with Crippen molar-refractivity contribution in [3.05, 3.63) is 54.7 Å². The zero-order chi connectivity index (χ0) is 21.5. The summed E-state index contributed by atoms with van der Waals surface area (Å²) >= 11 is 0. The van der Waals surface area contributed by atoms with E-state index in [1.807, 2.05) is 5.32 Å². The Morgan fingerprint density at radius 2 is 1.93 bits per heavy atom. The Morgan fingerprint density at radius 1 is 1.20 bits per heavy atom. The molecular formula is C26H34N2O2. The van der Waals surface area contributed by atoms with Crippen LogP contribution in [0.25, 0.3) is 10.9 Å². The average Bonchev–Trinajstić information content (AvgIpc) is 3.40. The highest BCUT2D eigenvalue weighted by Crippen LogP contribution is 2.70. The molecule has 6 atom stereocenters. The Bertz CT molecular complexity index is 1110. The zero-order valence-corrected chi connectivity index (χ0v) is 18.8. The van der Waals surface area contributed by atoms with Crippen molar-refractivity contribution in [2.45, 2.75) is 81.6 Å². The molecule has 4 heteroatoms. The molecule has 2 heterocycles. The minimum absolute atomic E-state index is 0.0408. The van der Waals surface area contributed by atoms with Gasteiger partial charge in [-0.2, -0.15) is 7.05 Å². The summed E-state index contributed by atoms with van der Waals surface area (Å²) in [5, 5.41) is 16.4. The van der Waals surface area contributed by atoms with E-state index in [4.69, 9.17) is 4.74 Å². The maximum Gasteiger partial charge on any atom is 0.151 e. The van der Waals surface area contributed by atoms with Crippen LogP contribution < -0.4 is 5.32 Å². The lowest BCUT2D eigenvalue weighted by molar-refractivity contribution is -0.721. The van der Waals surface area contributed by atoms with Gasteiger partial charge in [0.15, 0.2) is 5.60 Å². The van der Waals surface area contributed by atoms with Gasteiger partial charge in [0.25, 0.3) is 0 Å². The molecule has 4 aliphatic rings. The summed E-state index contributed by atoms with van der Waals surface area (Å²) in [6, 6.07) is 6.57. The van der Waals surface area contributed by atoms with Crippen LogP contribution in [0.3, 0.4) is 0 Å². The summed E-state index contributed by atoms with van der Waals surface area (Å²) in [6.45, 7) is 15.6. The van der Waals surface area contributed by atoms with E-state index in [9.17, 15) is 5.11 Å². The molecule has 4 nitrogen and oxygen atoms in total. The highest BCUT2D eigenvalue weighted by Gasteiger charge is 2.82. The SMILES string of the molecule is C=C[C@@]1(C)CC[C@H]2C(C)(C)c3cccc4[nH]c5c(c34)[C@]2(O)[C@@]1([NH2+][CH2-])[C@H]1O[C@H]1C5(C)C. The first kappa shape index (κ1) is 19.1. The third kappa shape index (κ3) is 1.62. The number of aliphatic hydroxyl groups is 1. The molecule has 3 aliphatic carbocycles. The van der Waals surface area contributed by atoms with Crippen LogP contribution >= 0.6 is 0 Å². The number of benzene rings is 1. The molecule has 1 aromatic carbocycles. The van der Waals surface area contributed by atoms with Gasteiger partial charge in [-0.05, 0) is 36.8 Å². The maximum atomic E-state index is 13.2. The molecule has 1 saturated carbocycles. The normalized spacial score (nSPS) is 44.3. The number of nitrogens with one attached hydrogen (secondary N) is 1. The second-order valence-electron chi connectivity index (χ2n) is 11.6. The smallest absolute Gasteiger partial charge is 0.151 e. The summed E-state index contributed by atoms with van der Waals surface area (Å²) in [6.07, 6.45) is 3.95. The van der Waals surface area contributed by atoms with Gasteiger partial charge in [-0.3, -0.25) is 0 Å². The van der Waals surface area contributed by atoms with Gasteiger partial charge in [0, 0.05) is 38.9 Å². The average molecular weight is 407 g/mol. The van der Waals surface area contributed by atoms with Gasteiger partial charge in [0.05, 0.1) is 0 Å². The van der Waals surface area contributed by atoms with Crippen LogP contribution in [0, 0.1) is 18.4 Å². The number of ether oxygens (including phenoxy) is 1. The van der Waals surface area contributed by atoms with Crippen LogP contribution in [0.2, 0.25) is 0 Å². The van der Waals surface area contributed by atoms with Crippen molar-refractivity contribution in [2.75, 3.05) is 0 Å². The molecule has 160 valence electrons. The molecule has 0 unspecified atom stereocenters. The molecule has 30 heavy (non-hydrogen) atoms. The quantitative estimate of drug-likeness (QED) is 0.407. The first-order valence-electron chi connectivity index (χ1n) is 11.3. The van der Waals surface area contributed by atoms with Crippen molar-refractivity contribution < 1.29 is 15.2 Å². The standard InChI is InChI=1S/C26H34N2O2/c1-8-24(6)13-12-16-22(2,3)14-10-9-11-15-17(14)18-19(28-15)23(4,5)20-21(30-20)26(24,27-7)25(16,18)29/h8-11,16,20-21,28-29H,1,7,12-13,27H2,2-6H3/t16-,20+,21-,24-,25-,26+/m0/s1. The molecule has 1 aromatic heterocycles. The number of aromatic amines is 1. The van der Waals surface area contributed by atoms with E-state index in [0.717, 1.165) is 29.6 Å².